The van der Waals surface area contributed by atoms with Gasteiger partial charge in [0, 0.05) is 13.6 Å². The fourth-order valence-corrected chi connectivity index (χ4v) is 3.68. The summed E-state index contributed by atoms with van der Waals surface area (Å²) in [6.07, 6.45) is -1.70. The number of rotatable bonds is 6. The van der Waals surface area contributed by atoms with Crippen LogP contribution in [0.25, 0.3) is 0 Å². The molecule has 162 valence electrons. The van der Waals surface area contributed by atoms with E-state index in [1.807, 2.05) is 24.3 Å². The van der Waals surface area contributed by atoms with Gasteiger partial charge in [0.2, 0.25) is 0 Å². The summed E-state index contributed by atoms with van der Waals surface area (Å²) in [5.41, 5.74) is 0. The lowest BCUT2D eigenvalue weighted by Gasteiger charge is -2.32. The zero-order valence-electron chi connectivity index (χ0n) is 16.7. The third kappa shape index (κ3) is 6.99. The highest BCUT2D eigenvalue weighted by Crippen LogP contribution is 2.30. The minimum atomic E-state index is -4.11. The molecular formula is C20H29F3N4O2. The van der Waals surface area contributed by atoms with Crippen molar-refractivity contribution in [2.45, 2.75) is 31.5 Å². The first-order valence-corrected chi connectivity index (χ1v) is 10.0. The van der Waals surface area contributed by atoms with Crippen molar-refractivity contribution >= 4 is 5.96 Å². The van der Waals surface area contributed by atoms with E-state index in [4.69, 9.17) is 9.47 Å². The van der Waals surface area contributed by atoms with Crippen LogP contribution in [0.5, 0.6) is 11.5 Å². The van der Waals surface area contributed by atoms with Gasteiger partial charge in [0.05, 0.1) is 13.1 Å². The van der Waals surface area contributed by atoms with Crippen molar-refractivity contribution in [2.75, 3.05) is 46.4 Å². The maximum absolute atomic E-state index is 12.5. The van der Waals surface area contributed by atoms with Gasteiger partial charge >= 0.3 is 6.18 Å². The molecule has 0 saturated carbocycles. The van der Waals surface area contributed by atoms with E-state index < -0.39 is 12.7 Å². The van der Waals surface area contributed by atoms with Crippen LogP contribution in [-0.4, -0.2) is 69.5 Å². The van der Waals surface area contributed by atoms with Crippen LogP contribution in [0.15, 0.2) is 29.3 Å². The number of aliphatic imine (C=N–C) groups is 1. The van der Waals surface area contributed by atoms with E-state index in [0.717, 1.165) is 37.3 Å². The number of ether oxygens (including phenoxy) is 2. The van der Waals surface area contributed by atoms with E-state index in [2.05, 4.69) is 15.6 Å². The molecule has 0 amide bonds. The molecule has 1 unspecified atom stereocenters. The van der Waals surface area contributed by atoms with Gasteiger partial charge in [-0.25, -0.2) is 0 Å². The van der Waals surface area contributed by atoms with Crippen LogP contribution in [0.4, 0.5) is 13.2 Å². The number of hydrogen-bond acceptors (Lipinski definition) is 4. The molecule has 3 rings (SSSR count). The SMILES string of the molecule is CN=C(NCCC1CCN(CC(F)(F)F)CC1)NCC1COc2ccccc2O1. The number of fused-ring (bicyclic) bond motifs is 1. The van der Waals surface area contributed by atoms with Crippen molar-refractivity contribution in [1.82, 2.24) is 15.5 Å². The molecule has 1 saturated heterocycles. The first kappa shape index (κ1) is 21.5. The van der Waals surface area contributed by atoms with Crippen LogP contribution in [0.3, 0.4) is 0 Å². The summed E-state index contributed by atoms with van der Waals surface area (Å²) in [5.74, 6) is 2.62. The first-order chi connectivity index (χ1) is 13.9. The lowest BCUT2D eigenvalue weighted by Crippen LogP contribution is -2.46. The van der Waals surface area contributed by atoms with Crippen LogP contribution < -0.4 is 20.1 Å². The maximum Gasteiger partial charge on any atom is 0.401 e. The molecule has 0 aromatic heterocycles. The number of para-hydroxylation sites is 2. The lowest BCUT2D eigenvalue weighted by molar-refractivity contribution is -0.148. The molecule has 2 aliphatic rings. The molecule has 1 aromatic carbocycles. The number of likely N-dealkylation sites (tertiary alicyclic amines) is 1. The summed E-state index contributed by atoms with van der Waals surface area (Å²) >= 11 is 0. The van der Waals surface area contributed by atoms with E-state index in [-0.39, 0.29) is 6.10 Å². The predicted octanol–water partition coefficient (Wildman–Crippen LogP) is 2.66. The third-order valence-electron chi connectivity index (χ3n) is 5.24. The molecule has 0 radical (unpaired) electrons. The topological polar surface area (TPSA) is 58.1 Å². The number of hydrogen-bond donors (Lipinski definition) is 2. The zero-order chi connectivity index (χ0) is 20.7. The van der Waals surface area contributed by atoms with E-state index in [1.165, 1.54) is 4.90 Å². The van der Waals surface area contributed by atoms with Crippen LogP contribution >= 0.6 is 0 Å². The monoisotopic (exact) mass is 414 g/mol. The van der Waals surface area contributed by atoms with Gasteiger partial charge in [-0.1, -0.05) is 12.1 Å². The molecule has 2 aliphatic heterocycles. The Morgan fingerprint density at radius 2 is 1.90 bits per heavy atom. The summed E-state index contributed by atoms with van der Waals surface area (Å²) < 4.78 is 49.0. The Labute approximate surface area is 169 Å². The summed E-state index contributed by atoms with van der Waals surface area (Å²) in [6.45, 7) is 1.98. The van der Waals surface area contributed by atoms with Crippen molar-refractivity contribution in [3.63, 3.8) is 0 Å². The minimum absolute atomic E-state index is 0.110. The Morgan fingerprint density at radius 3 is 2.59 bits per heavy atom. The van der Waals surface area contributed by atoms with Gasteiger partial charge in [0.15, 0.2) is 17.5 Å². The number of nitrogens with zero attached hydrogens (tertiary/aromatic N) is 2. The van der Waals surface area contributed by atoms with Gasteiger partial charge in [-0.05, 0) is 50.4 Å². The van der Waals surface area contributed by atoms with Crippen LogP contribution in [-0.2, 0) is 0 Å². The van der Waals surface area contributed by atoms with E-state index >= 15 is 0 Å². The Kier molecular flexibility index (Phi) is 7.46. The van der Waals surface area contributed by atoms with Gasteiger partial charge in [-0.3, -0.25) is 9.89 Å². The fraction of sp³-hybridized carbons (Fsp3) is 0.650. The Balaban J connectivity index is 1.31. The largest absolute Gasteiger partial charge is 0.486 e. The Bertz CT molecular complexity index is 676. The number of benzene rings is 1. The summed E-state index contributed by atoms with van der Waals surface area (Å²) in [6, 6.07) is 7.58. The summed E-state index contributed by atoms with van der Waals surface area (Å²) in [4.78, 5) is 5.71. The summed E-state index contributed by atoms with van der Waals surface area (Å²) in [5, 5.41) is 6.51. The van der Waals surface area contributed by atoms with Gasteiger partial charge < -0.3 is 20.1 Å². The second kappa shape index (κ2) is 10.0. The molecule has 1 fully saturated rings. The third-order valence-corrected chi connectivity index (χ3v) is 5.24. The Morgan fingerprint density at radius 1 is 1.17 bits per heavy atom. The van der Waals surface area contributed by atoms with Crippen LogP contribution in [0.2, 0.25) is 0 Å². The highest BCUT2D eigenvalue weighted by atomic mass is 19.4. The average molecular weight is 414 g/mol. The van der Waals surface area contributed by atoms with Gasteiger partial charge in [-0.15, -0.1) is 0 Å². The molecule has 2 N–H and O–H groups in total. The highest BCUT2D eigenvalue weighted by molar-refractivity contribution is 5.79. The number of nitrogens with one attached hydrogen (secondary N) is 2. The van der Waals surface area contributed by atoms with Crippen molar-refractivity contribution < 1.29 is 22.6 Å². The molecular weight excluding hydrogens is 385 g/mol. The fourth-order valence-electron chi connectivity index (χ4n) is 3.68. The second-order valence-corrected chi connectivity index (χ2v) is 7.50. The first-order valence-electron chi connectivity index (χ1n) is 10.0. The lowest BCUT2D eigenvalue weighted by atomic mass is 9.93. The number of halogens is 3. The molecule has 6 nitrogen and oxygen atoms in total. The van der Waals surface area contributed by atoms with Gasteiger partial charge in [0.25, 0.3) is 0 Å². The smallest absolute Gasteiger partial charge is 0.401 e. The Hall–Kier alpha value is -2.16. The molecule has 0 spiro atoms. The van der Waals surface area contributed by atoms with Crippen molar-refractivity contribution in [1.29, 1.82) is 0 Å². The minimum Gasteiger partial charge on any atom is -0.486 e. The number of guanidine groups is 1. The standard InChI is InChI=1S/C20H29F3N4O2/c1-24-19(26-12-16-13-28-17-4-2-3-5-18(17)29-16)25-9-6-15-7-10-27(11-8-15)14-20(21,22)23/h2-5,15-16H,6-14H2,1H3,(H2,24,25,26). The number of piperidine rings is 1. The number of alkyl halides is 3. The molecule has 2 heterocycles. The normalized spacial score (nSPS) is 21.1. The molecule has 0 bridgehead atoms. The molecule has 0 aliphatic carbocycles. The van der Waals surface area contributed by atoms with E-state index in [1.54, 1.807) is 7.05 Å². The van der Waals surface area contributed by atoms with Gasteiger partial charge in [0.1, 0.15) is 12.7 Å². The van der Waals surface area contributed by atoms with Crippen molar-refractivity contribution in [3.05, 3.63) is 24.3 Å². The summed E-state index contributed by atoms with van der Waals surface area (Å²) in [7, 11) is 1.71. The predicted molar refractivity (Wildman–Crippen MR) is 106 cm³/mol. The molecule has 1 aromatic rings. The second-order valence-electron chi connectivity index (χ2n) is 7.50. The average Bonchev–Trinajstić information content (AvgIpc) is 2.70. The zero-order valence-corrected chi connectivity index (χ0v) is 16.7. The molecule has 1 atom stereocenters. The van der Waals surface area contributed by atoms with Crippen LogP contribution in [0.1, 0.15) is 19.3 Å². The van der Waals surface area contributed by atoms with Gasteiger partial charge in [-0.2, -0.15) is 13.2 Å². The van der Waals surface area contributed by atoms with Crippen molar-refractivity contribution in [3.8, 4) is 11.5 Å². The van der Waals surface area contributed by atoms with E-state index in [9.17, 15) is 13.2 Å². The van der Waals surface area contributed by atoms with Crippen molar-refractivity contribution in [2.24, 2.45) is 10.9 Å². The van der Waals surface area contributed by atoms with E-state index in [0.29, 0.717) is 38.1 Å². The molecule has 29 heavy (non-hydrogen) atoms. The molecule has 9 heteroatoms. The van der Waals surface area contributed by atoms with Crippen LogP contribution in [0, 0.1) is 5.92 Å². The maximum atomic E-state index is 12.5. The highest BCUT2D eigenvalue weighted by Gasteiger charge is 2.32. The quantitative estimate of drug-likeness (QED) is 0.554.